The molecule has 0 aliphatic carbocycles. The highest BCUT2D eigenvalue weighted by atomic mass is 16.3. The van der Waals surface area contributed by atoms with Crippen LogP contribution in [0.25, 0.3) is 76.8 Å². The Balaban J connectivity index is 1.49. The Hall–Kier alpha value is -4.70. The lowest BCUT2D eigenvalue weighted by molar-refractivity contribution is 0.669. The quantitative estimate of drug-likeness (QED) is 0.235. The second kappa shape index (κ2) is 6.67. The van der Waals surface area contributed by atoms with Gasteiger partial charge in [0.1, 0.15) is 22.3 Å². The van der Waals surface area contributed by atoms with E-state index in [0.29, 0.717) is 0 Å². The van der Waals surface area contributed by atoms with Gasteiger partial charge in [-0.1, -0.05) is 42.5 Å². The van der Waals surface area contributed by atoms with E-state index in [2.05, 4.69) is 48.5 Å². The summed E-state index contributed by atoms with van der Waals surface area (Å²) < 4.78 is 12.2. The molecule has 8 aromatic rings. The highest BCUT2D eigenvalue weighted by Crippen LogP contribution is 2.39. The van der Waals surface area contributed by atoms with Crippen molar-refractivity contribution in [2.45, 2.75) is 6.92 Å². The molecular formula is C31H18N2O2. The molecule has 0 saturated heterocycles. The highest BCUT2D eigenvalue weighted by Gasteiger charge is 2.16. The molecule has 0 N–H and O–H groups in total. The Bertz CT molecular complexity index is 2130. The third kappa shape index (κ3) is 2.62. The summed E-state index contributed by atoms with van der Waals surface area (Å²) in [5.74, 6) is 0. The van der Waals surface area contributed by atoms with Crippen molar-refractivity contribution in [3.05, 3.63) is 96.8 Å². The summed E-state index contributed by atoms with van der Waals surface area (Å²) in [6.45, 7) is 1.98. The molecule has 0 atom stereocenters. The van der Waals surface area contributed by atoms with Crippen molar-refractivity contribution < 1.29 is 8.83 Å². The minimum absolute atomic E-state index is 0.862. The molecule has 0 fully saturated rings. The SMILES string of the molecule is Cc1cnc2c(n1)c(-c1ccc3oc4ccccc4c3c1)cc1cc3c(cc12)oc1ccccc13. The highest BCUT2D eigenvalue weighted by molar-refractivity contribution is 6.17. The fourth-order valence-electron chi connectivity index (χ4n) is 5.31. The van der Waals surface area contributed by atoms with Gasteiger partial charge in [-0.05, 0) is 60.3 Å². The van der Waals surface area contributed by atoms with Gasteiger partial charge in [0.2, 0.25) is 0 Å². The predicted molar refractivity (Wildman–Crippen MR) is 142 cm³/mol. The van der Waals surface area contributed by atoms with Crippen molar-refractivity contribution in [3.63, 3.8) is 0 Å². The molecule has 4 nitrogen and oxygen atoms in total. The van der Waals surface area contributed by atoms with Crippen LogP contribution in [-0.2, 0) is 0 Å². The van der Waals surface area contributed by atoms with E-state index in [-0.39, 0.29) is 0 Å². The number of furan rings is 2. The number of fused-ring (bicyclic) bond motifs is 9. The molecule has 0 unspecified atom stereocenters. The molecule has 3 aromatic heterocycles. The fourth-order valence-corrected chi connectivity index (χ4v) is 5.31. The second-order valence-electron chi connectivity index (χ2n) is 9.11. The van der Waals surface area contributed by atoms with E-state index < -0.39 is 0 Å². The van der Waals surface area contributed by atoms with Gasteiger partial charge in [-0.15, -0.1) is 0 Å². The normalized spacial score (nSPS) is 12.1. The molecule has 35 heavy (non-hydrogen) atoms. The Morgan fingerprint density at radius 2 is 1.26 bits per heavy atom. The van der Waals surface area contributed by atoms with Crippen molar-refractivity contribution in [2.24, 2.45) is 0 Å². The minimum atomic E-state index is 0.862. The van der Waals surface area contributed by atoms with Crippen LogP contribution in [0.5, 0.6) is 0 Å². The minimum Gasteiger partial charge on any atom is -0.456 e. The summed E-state index contributed by atoms with van der Waals surface area (Å²) in [7, 11) is 0. The zero-order chi connectivity index (χ0) is 23.1. The summed E-state index contributed by atoms with van der Waals surface area (Å²) in [5, 5.41) is 6.59. The van der Waals surface area contributed by atoms with Crippen molar-refractivity contribution in [3.8, 4) is 11.1 Å². The second-order valence-corrected chi connectivity index (χ2v) is 9.11. The van der Waals surface area contributed by atoms with E-state index in [9.17, 15) is 0 Å². The molecule has 3 heterocycles. The lowest BCUT2D eigenvalue weighted by Crippen LogP contribution is -1.92. The number of benzene rings is 5. The molecule has 5 aromatic carbocycles. The Morgan fingerprint density at radius 1 is 0.571 bits per heavy atom. The van der Waals surface area contributed by atoms with Crippen LogP contribution in [0.1, 0.15) is 5.69 Å². The number of aromatic nitrogens is 2. The van der Waals surface area contributed by atoms with Crippen LogP contribution in [0.15, 0.2) is 100.0 Å². The standard InChI is InChI=1S/C31H18N2O2/c1-17-16-32-30-23-15-29-25(21-7-3-5-9-27(21)35-29)14-19(23)13-22(31(30)33-17)18-10-11-28-24(12-18)20-6-2-4-8-26(20)34-28/h2-16H,1H3. The first-order chi connectivity index (χ1) is 17.2. The summed E-state index contributed by atoms with van der Waals surface area (Å²) in [6, 6.07) is 29.3. The summed E-state index contributed by atoms with van der Waals surface area (Å²) in [6.07, 6.45) is 1.83. The van der Waals surface area contributed by atoms with Gasteiger partial charge in [0.05, 0.1) is 16.7 Å². The maximum atomic E-state index is 6.17. The average Bonchev–Trinajstić information content (AvgIpc) is 3.44. The Morgan fingerprint density at radius 3 is 2.06 bits per heavy atom. The molecule has 0 bridgehead atoms. The Labute approximate surface area is 199 Å². The number of nitrogens with zero attached hydrogens (tertiary/aromatic N) is 2. The van der Waals surface area contributed by atoms with E-state index in [1.165, 1.54) is 0 Å². The van der Waals surface area contributed by atoms with Gasteiger partial charge < -0.3 is 8.83 Å². The number of hydrogen-bond donors (Lipinski definition) is 0. The molecule has 0 aliphatic rings. The fraction of sp³-hybridized carbons (Fsp3) is 0.0323. The van der Waals surface area contributed by atoms with Crippen LogP contribution in [0, 0.1) is 6.92 Å². The molecule has 0 saturated carbocycles. The van der Waals surface area contributed by atoms with Crippen LogP contribution >= 0.6 is 0 Å². The Kier molecular flexibility index (Phi) is 3.56. The zero-order valence-electron chi connectivity index (χ0n) is 18.9. The first-order valence-electron chi connectivity index (χ1n) is 11.7. The first-order valence-corrected chi connectivity index (χ1v) is 11.7. The topological polar surface area (TPSA) is 52.1 Å². The first kappa shape index (κ1) is 18.7. The number of aryl methyl sites for hydroxylation is 1. The van der Waals surface area contributed by atoms with Gasteiger partial charge in [0.25, 0.3) is 0 Å². The maximum Gasteiger partial charge on any atom is 0.136 e. The number of hydrogen-bond acceptors (Lipinski definition) is 4. The third-order valence-electron chi connectivity index (χ3n) is 6.94. The molecule has 4 heteroatoms. The zero-order valence-corrected chi connectivity index (χ0v) is 18.9. The summed E-state index contributed by atoms with van der Waals surface area (Å²) in [5.41, 5.74) is 8.33. The van der Waals surface area contributed by atoms with Gasteiger partial charge in [-0.2, -0.15) is 0 Å². The maximum absolute atomic E-state index is 6.17. The van der Waals surface area contributed by atoms with E-state index >= 15 is 0 Å². The molecule has 0 amide bonds. The smallest absolute Gasteiger partial charge is 0.136 e. The van der Waals surface area contributed by atoms with E-state index in [1.54, 1.807) is 0 Å². The monoisotopic (exact) mass is 450 g/mol. The van der Waals surface area contributed by atoms with Crippen LogP contribution in [0.4, 0.5) is 0 Å². The van der Waals surface area contributed by atoms with E-state index in [4.69, 9.17) is 18.8 Å². The van der Waals surface area contributed by atoms with Crippen LogP contribution in [-0.4, -0.2) is 9.97 Å². The van der Waals surface area contributed by atoms with Gasteiger partial charge in [-0.25, -0.2) is 4.98 Å². The van der Waals surface area contributed by atoms with Gasteiger partial charge in [0.15, 0.2) is 0 Å². The van der Waals surface area contributed by atoms with Crippen molar-refractivity contribution in [2.75, 3.05) is 0 Å². The van der Waals surface area contributed by atoms with Crippen molar-refractivity contribution >= 4 is 65.7 Å². The number of rotatable bonds is 1. The average molecular weight is 450 g/mol. The summed E-state index contributed by atoms with van der Waals surface area (Å²) >= 11 is 0. The van der Waals surface area contributed by atoms with Crippen LogP contribution < -0.4 is 0 Å². The summed E-state index contributed by atoms with van der Waals surface area (Å²) in [4.78, 5) is 9.77. The van der Waals surface area contributed by atoms with Gasteiger partial charge in [-0.3, -0.25) is 4.98 Å². The van der Waals surface area contributed by atoms with Crippen molar-refractivity contribution in [1.29, 1.82) is 0 Å². The third-order valence-corrected chi connectivity index (χ3v) is 6.94. The molecule has 0 radical (unpaired) electrons. The lowest BCUT2D eigenvalue weighted by atomic mass is 9.96. The molecule has 0 aliphatic heterocycles. The lowest BCUT2D eigenvalue weighted by Gasteiger charge is -2.11. The molecular weight excluding hydrogens is 432 g/mol. The van der Waals surface area contributed by atoms with E-state index in [1.807, 2.05) is 49.5 Å². The number of para-hydroxylation sites is 2. The van der Waals surface area contributed by atoms with Crippen LogP contribution in [0.2, 0.25) is 0 Å². The predicted octanol–water partition coefficient (Wildman–Crippen LogP) is 8.56. The molecule has 164 valence electrons. The van der Waals surface area contributed by atoms with Gasteiger partial charge in [0, 0.05) is 38.7 Å². The molecule has 0 spiro atoms. The molecule has 8 rings (SSSR count). The van der Waals surface area contributed by atoms with Crippen molar-refractivity contribution in [1.82, 2.24) is 9.97 Å². The van der Waals surface area contributed by atoms with Gasteiger partial charge >= 0.3 is 0 Å². The van der Waals surface area contributed by atoms with Crippen LogP contribution in [0.3, 0.4) is 0 Å². The van der Waals surface area contributed by atoms with E-state index in [0.717, 1.165) is 82.5 Å². The largest absolute Gasteiger partial charge is 0.456 e.